The molecule has 1 atom stereocenters. The van der Waals surface area contributed by atoms with Crippen molar-refractivity contribution in [2.45, 2.75) is 39.7 Å². The Morgan fingerprint density at radius 3 is 2.30 bits per heavy atom. The summed E-state index contributed by atoms with van der Waals surface area (Å²) in [5.74, 6) is -0.360. The fourth-order valence-corrected chi connectivity index (χ4v) is 2.11. The third kappa shape index (κ3) is 8.29. The van der Waals surface area contributed by atoms with Crippen LogP contribution in [0.1, 0.15) is 27.2 Å². The number of carbonyl (C=O) groups excluding carboxylic acids is 1. The lowest BCUT2D eigenvalue weighted by Gasteiger charge is -2.26. The zero-order valence-electron chi connectivity index (χ0n) is 13.2. The second kappa shape index (κ2) is 7.54. The topological polar surface area (TPSA) is 70.6 Å². The molecule has 0 radical (unpaired) electrons. The Bertz CT molecular complexity index is 514. The molecule has 8 heteroatoms. The molecule has 0 bridgehead atoms. The van der Waals surface area contributed by atoms with Crippen LogP contribution in [0.3, 0.4) is 0 Å². The number of carbonyl (C=O) groups is 1. The van der Waals surface area contributed by atoms with Crippen LogP contribution in [0.15, 0.2) is 24.3 Å². The first-order valence-corrected chi connectivity index (χ1v) is 7.06. The van der Waals surface area contributed by atoms with Gasteiger partial charge < -0.3 is 20.5 Å². The molecule has 1 rings (SSSR count). The van der Waals surface area contributed by atoms with Gasteiger partial charge in [-0.15, -0.1) is 13.2 Å². The van der Waals surface area contributed by atoms with Gasteiger partial charge in [0.2, 0.25) is 0 Å². The van der Waals surface area contributed by atoms with Crippen LogP contribution in [0, 0.1) is 5.41 Å². The normalized spacial score (nSPS) is 13.3. The number of halogens is 3. The number of urea groups is 1. The van der Waals surface area contributed by atoms with E-state index in [1.807, 2.05) is 13.8 Å². The minimum atomic E-state index is -4.75. The van der Waals surface area contributed by atoms with Gasteiger partial charge in [0.05, 0.1) is 6.10 Å². The molecule has 0 heterocycles. The smallest absolute Gasteiger partial charge is 0.406 e. The molecular weight excluding hydrogens is 313 g/mol. The van der Waals surface area contributed by atoms with Crippen LogP contribution < -0.4 is 15.4 Å². The highest BCUT2D eigenvalue weighted by Crippen LogP contribution is 2.24. The van der Waals surface area contributed by atoms with Crippen molar-refractivity contribution in [3.8, 4) is 5.75 Å². The average Bonchev–Trinajstić information content (AvgIpc) is 2.36. The van der Waals surface area contributed by atoms with E-state index in [0.29, 0.717) is 18.7 Å². The van der Waals surface area contributed by atoms with Crippen molar-refractivity contribution in [1.82, 2.24) is 5.32 Å². The van der Waals surface area contributed by atoms with Crippen LogP contribution in [0.25, 0.3) is 0 Å². The summed E-state index contributed by atoms with van der Waals surface area (Å²) in [6.45, 7) is 5.83. The molecule has 0 aliphatic carbocycles. The summed E-state index contributed by atoms with van der Waals surface area (Å²) in [6, 6.07) is 4.36. The van der Waals surface area contributed by atoms with Gasteiger partial charge in [-0.05, 0) is 43.0 Å². The SMILES string of the molecule is CC(O)CC(C)(C)CNC(=O)Nc1ccc(OC(F)(F)F)cc1. The maximum atomic E-state index is 12.0. The number of alkyl halides is 3. The van der Waals surface area contributed by atoms with E-state index in [1.165, 1.54) is 12.1 Å². The van der Waals surface area contributed by atoms with Gasteiger partial charge in [0.15, 0.2) is 0 Å². The molecule has 3 N–H and O–H groups in total. The van der Waals surface area contributed by atoms with Gasteiger partial charge in [-0.3, -0.25) is 0 Å². The first kappa shape index (κ1) is 19.1. The van der Waals surface area contributed by atoms with E-state index >= 15 is 0 Å². The van der Waals surface area contributed by atoms with E-state index in [1.54, 1.807) is 6.92 Å². The van der Waals surface area contributed by atoms with E-state index < -0.39 is 18.5 Å². The third-order valence-corrected chi connectivity index (χ3v) is 2.92. The van der Waals surface area contributed by atoms with Crippen LogP contribution in [0.2, 0.25) is 0 Å². The molecule has 0 aromatic heterocycles. The molecule has 0 saturated heterocycles. The zero-order valence-corrected chi connectivity index (χ0v) is 13.2. The molecule has 1 aromatic carbocycles. The third-order valence-electron chi connectivity index (χ3n) is 2.92. The summed E-state index contributed by atoms with van der Waals surface area (Å²) in [6.07, 6.45) is -4.70. The van der Waals surface area contributed by atoms with Crippen LogP contribution in [0.4, 0.5) is 23.7 Å². The molecular formula is C15H21F3N2O3. The fourth-order valence-electron chi connectivity index (χ4n) is 2.11. The van der Waals surface area contributed by atoms with Crippen molar-refractivity contribution in [2.24, 2.45) is 5.41 Å². The Balaban J connectivity index is 2.48. The quantitative estimate of drug-likeness (QED) is 0.746. The fraction of sp³-hybridized carbons (Fsp3) is 0.533. The molecule has 5 nitrogen and oxygen atoms in total. The predicted molar refractivity (Wildman–Crippen MR) is 80.2 cm³/mol. The summed E-state index contributed by atoms with van der Waals surface area (Å²) < 4.78 is 39.8. The Labute approximate surface area is 132 Å². The van der Waals surface area contributed by atoms with E-state index in [9.17, 15) is 23.1 Å². The maximum Gasteiger partial charge on any atom is 0.573 e. The first-order chi connectivity index (χ1) is 10.5. The Hall–Kier alpha value is -1.96. The molecule has 130 valence electrons. The highest BCUT2D eigenvalue weighted by molar-refractivity contribution is 5.89. The molecule has 0 fully saturated rings. The lowest BCUT2D eigenvalue weighted by Crippen LogP contribution is -2.38. The van der Waals surface area contributed by atoms with Crippen molar-refractivity contribution in [3.05, 3.63) is 24.3 Å². The molecule has 1 unspecified atom stereocenters. The van der Waals surface area contributed by atoms with Crippen LogP contribution in [-0.2, 0) is 0 Å². The van der Waals surface area contributed by atoms with Gasteiger partial charge in [-0.2, -0.15) is 0 Å². The highest BCUT2D eigenvalue weighted by atomic mass is 19.4. The Morgan fingerprint density at radius 2 is 1.83 bits per heavy atom. The molecule has 1 aromatic rings. The number of hydrogen-bond acceptors (Lipinski definition) is 3. The van der Waals surface area contributed by atoms with Crippen molar-refractivity contribution in [1.29, 1.82) is 0 Å². The average molecular weight is 334 g/mol. The van der Waals surface area contributed by atoms with Gasteiger partial charge in [0, 0.05) is 12.2 Å². The number of benzene rings is 1. The largest absolute Gasteiger partial charge is 0.573 e. The van der Waals surface area contributed by atoms with Crippen molar-refractivity contribution in [3.63, 3.8) is 0 Å². The lowest BCUT2D eigenvalue weighted by molar-refractivity contribution is -0.274. The van der Waals surface area contributed by atoms with Crippen LogP contribution in [-0.4, -0.2) is 30.1 Å². The number of rotatable bonds is 6. The second-order valence-electron chi connectivity index (χ2n) is 6.10. The Kier molecular flexibility index (Phi) is 6.26. The van der Waals surface area contributed by atoms with Gasteiger partial charge in [-0.25, -0.2) is 4.79 Å². The van der Waals surface area contributed by atoms with Gasteiger partial charge in [0.25, 0.3) is 0 Å². The summed E-state index contributed by atoms with van der Waals surface area (Å²) in [5, 5.41) is 14.5. The predicted octanol–water partition coefficient (Wildman–Crippen LogP) is 3.50. The van der Waals surface area contributed by atoms with E-state index in [2.05, 4.69) is 15.4 Å². The van der Waals surface area contributed by atoms with E-state index in [0.717, 1.165) is 12.1 Å². The van der Waals surface area contributed by atoms with E-state index in [-0.39, 0.29) is 11.2 Å². The van der Waals surface area contributed by atoms with E-state index in [4.69, 9.17) is 0 Å². The minimum absolute atomic E-state index is 0.282. The number of nitrogens with one attached hydrogen (secondary N) is 2. The number of ether oxygens (including phenoxy) is 1. The number of aliphatic hydroxyl groups is 1. The summed E-state index contributed by atoms with van der Waals surface area (Å²) in [5.41, 5.74) is 0.0565. The van der Waals surface area contributed by atoms with Crippen LogP contribution >= 0.6 is 0 Å². The summed E-state index contributed by atoms with van der Waals surface area (Å²) in [7, 11) is 0. The monoisotopic (exact) mass is 334 g/mol. The molecule has 2 amide bonds. The first-order valence-electron chi connectivity index (χ1n) is 7.06. The zero-order chi connectivity index (χ0) is 17.7. The summed E-state index contributed by atoms with van der Waals surface area (Å²) >= 11 is 0. The van der Waals surface area contributed by atoms with Gasteiger partial charge >= 0.3 is 12.4 Å². The number of aliphatic hydroxyl groups excluding tert-OH is 1. The number of anilines is 1. The molecule has 0 aliphatic heterocycles. The van der Waals surface area contributed by atoms with Crippen molar-refractivity contribution in [2.75, 3.05) is 11.9 Å². The molecule has 0 spiro atoms. The van der Waals surface area contributed by atoms with Gasteiger partial charge in [-0.1, -0.05) is 13.8 Å². The number of amides is 2. The minimum Gasteiger partial charge on any atom is -0.406 e. The second-order valence-corrected chi connectivity index (χ2v) is 6.10. The molecule has 0 aliphatic rings. The maximum absolute atomic E-state index is 12.0. The standard InChI is InChI=1S/C15H21F3N2O3/c1-10(21)8-14(2,3)9-19-13(22)20-11-4-6-12(7-5-11)23-15(16,17)18/h4-7,10,21H,8-9H2,1-3H3,(H2,19,20,22). The van der Waals surface area contributed by atoms with Crippen molar-refractivity contribution >= 4 is 11.7 Å². The molecule has 0 saturated carbocycles. The lowest BCUT2D eigenvalue weighted by atomic mass is 9.87. The van der Waals surface area contributed by atoms with Crippen molar-refractivity contribution < 1.29 is 27.8 Å². The summed E-state index contributed by atoms with van der Waals surface area (Å²) in [4.78, 5) is 11.8. The van der Waals surface area contributed by atoms with Crippen LogP contribution in [0.5, 0.6) is 5.75 Å². The molecule has 23 heavy (non-hydrogen) atoms. The number of hydrogen-bond donors (Lipinski definition) is 3. The highest BCUT2D eigenvalue weighted by Gasteiger charge is 2.31. The Morgan fingerprint density at radius 1 is 1.26 bits per heavy atom. The van der Waals surface area contributed by atoms with Gasteiger partial charge in [0.1, 0.15) is 5.75 Å².